The summed E-state index contributed by atoms with van der Waals surface area (Å²) in [5.74, 6) is 1.51. The van der Waals surface area contributed by atoms with Gasteiger partial charge in [0.05, 0.1) is 19.3 Å². The maximum atomic E-state index is 13.4. The summed E-state index contributed by atoms with van der Waals surface area (Å²) < 4.78 is 16.1. The molecule has 2 aliphatic rings. The molecule has 5 rings (SSSR count). The van der Waals surface area contributed by atoms with Crippen LogP contribution in [0.1, 0.15) is 17.5 Å². The number of nitrogens with one attached hydrogen (secondary N) is 1. The van der Waals surface area contributed by atoms with Gasteiger partial charge in [-0.15, -0.1) is 0 Å². The number of hydrogen-bond acceptors (Lipinski definition) is 7. The second-order valence-corrected chi connectivity index (χ2v) is 10.1. The maximum absolute atomic E-state index is 13.4. The summed E-state index contributed by atoms with van der Waals surface area (Å²) in [5, 5.41) is 3.21. The fourth-order valence-corrected chi connectivity index (χ4v) is 5.16. The Morgan fingerprint density at radius 1 is 1.14 bits per heavy atom. The van der Waals surface area contributed by atoms with Crippen LogP contribution in [0.15, 0.2) is 65.7 Å². The number of nitrogens with zero attached hydrogens (tertiary/aromatic N) is 2. The zero-order chi connectivity index (χ0) is 25.9. The minimum absolute atomic E-state index is 0.0300. The van der Waals surface area contributed by atoms with Gasteiger partial charge >= 0.3 is 0 Å². The van der Waals surface area contributed by atoms with E-state index in [2.05, 4.69) is 5.32 Å². The number of amides is 2. The lowest BCUT2D eigenvalue weighted by Gasteiger charge is -2.32. The molecule has 2 amide bonds. The van der Waals surface area contributed by atoms with Gasteiger partial charge < -0.3 is 19.5 Å². The number of aliphatic imine (C=N–C) groups is 1. The number of methoxy groups -OCH3 is 1. The fourth-order valence-electron chi connectivity index (χ4n) is 3.88. The van der Waals surface area contributed by atoms with E-state index in [1.165, 1.54) is 11.8 Å². The number of benzene rings is 3. The third-order valence-corrected chi connectivity index (χ3v) is 7.54. The average Bonchev–Trinajstić information content (AvgIpc) is 3.36. The summed E-state index contributed by atoms with van der Waals surface area (Å²) in [7, 11) is 1.59. The molecular formula is C27H24ClN3O5S. The van der Waals surface area contributed by atoms with Crippen molar-refractivity contribution in [3.63, 3.8) is 0 Å². The van der Waals surface area contributed by atoms with E-state index in [9.17, 15) is 9.59 Å². The smallest absolute Gasteiger partial charge is 0.238 e. The van der Waals surface area contributed by atoms with E-state index in [0.717, 1.165) is 11.1 Å². The molecule has 0 saturated carbocycles. The Morgan fingerprint density at radius 3 is 2.68 bits per heavy atom. The van der Waals surface area contributed by atoms with Crippen LogP contribution in [0.5, 0.6) is 17.2 Å². The molecule has 1 fully saturated rings. The van der Waals surface area contributed by atoms with E-state index in [0.29, 0.717) is 38.8 Å². The highest BCUT2D eigenvalue weighted by molar-refractivity contribution is 8.15. The van der Waals surface area contributed by atoms with Crippen LogP contribution in [-0.4, -0.2) is 41.0 Å². The number of hydrogen-bond donors (Lipinski definition) is 1. The molecule has 37 heavy (non-hydrogen) atoms. The van der Waals surface area contributed by atoms with Gasteiger partial charge in [-0.25, -0.2) is 4.99 Å². The summed E-state index contributed by atoms with van der Waals surface area (Å²) >= 11 is 7.46. The Labute approximate surface area is 223 Å². The molecule has 0 radical (unpaired) electrons. The number of aryl methyl sites for hydroxylation is 1. The average molecular weight is 538 g/mol. The second kappa shape index (κ2) is 10.7. The van der Waals surface area contributed by atoms with E-state index < -0.39 is 5.25 Å². The van der Waals surface area contributed by atoms with Crippen molar-refractivity contribution in [3.8, 4) is 17.2 Å². The number of anilines is 1. The lowest BCUT2D eigenvalue weighted by atomic mass is 10.1. The quantitative estimate of drug-likeness (QED) is 0.443. The summed E-state index contributed by atoms with van der Waals surface area (Å²) in [4.78, 5) is 32.8. The van der Waals surface area contributed by atoms with Gasteiger partial charge in [0, 0.05) is 17.1 Å². The van der Waals surface area contributed by atoms with Crippen LogP contribution in [0.3, 0.4) is 0 Å². The van der Waals surface area contributed by atoms with Crippen molar-refractivity contribution >= 4 is 51.7 Å². The summed E-state index contributed by atoms with van der Waals surface area (Å²) in [5.41, 5.74) is 2.98. The molecular weight excluding hydrogens is 514 g/mol. The lowest BCUT2D eigenvalue weighted by molar-refractivity contribution is -0.129. The van der Waals surface area contributed by atoms with Gasteiger partial charge in [0.2, 0.25) is 18.6 Å². The molecule has 0 unspecified atom stereocenters. The van der Waals surface area contributed by atoms with Gasteiger partial charge in [0.1, 0.15) is 11.0 Å². The van der Waals surface area contributed by atoms with Crippen LogP contribution < -0.4 is 19.5 Å². The van der Waals surface area contributed by atoms with Gasteiger partial charge in [-0.05, 0) is 66.6 Å². The highest BCUT2D eigenvalue weighted by Gasteiger charge is 2.36. The first kappa shape index (κ1) is 25.0. The van der Waals surface area contributed by atoms with E-state index in [1.807, 2.05) is 31.2 Å². The molecule has 1 saturated heterocycles. The van der Waals surface area contributed by atoms with Crippen LogP contribution in [-0.2, 0) is 16.1 Å². The molecule has 8 nitrogen and oxygen atoms in total. The highest BCUT2D eigenvalue weighted by Crippen LogP contribution is 2.35. The van der Waals surface area contributed by atoms with E-state index in [1.54, 1.807) is 48.4 Å². The summed E-state index contributed by atoms with van der Waals surface area (Å²) in [6.45, 7) is 2.34. The van der Waals surface area contributed by atoms with Gasteiger partial charge in [-0.1, -0.05) is 35.5 Å². The molecule has 10 heteroatoms. The number of amidine groups is 1. The predicted molar refractivity (Wildman–Crippen MR) is 144 cm³/mol. The predicted octanol–water partition coefficient (Wildman–Crippen LogP) is 5.55. The monoisotopic (exact) mass is 537 g/mol. The van der Waals surface area contributed by atoms with Gasteiger partial charge in [0.25, 0.3) is 0 Å². The van der Waals surface area contributed by atoms with Crippen LogP contribution >= 0.6 is 23.4 Å². The Balaban J connectivity index is 1.40. The number of carbonyl (C=O) groups is 2. The van der Waals surface area contributed by atoms with Crippen LogP contribution in [0, 0.1) is 6.92 Å². The fraction of sp³-hybridized carbons (Fsp3) is 0.222. The number of halogens is 1. The zero-order valence-electron chi connectivity index (χ0n) is 20.2. The van der Waals surface area contributed by atoms with E-state index >= 15 is 0 Å². The molecule has 1 N–H and O–H groups in total. The first-order valence-electron chi connectivity index (χ1n) is 11.5. The first-order valence-corrected chi connectivity index (χ1v) is 12.8. The van der Waals surface area contributed by atoms with Crippen molar-refractivity contribution in [2.45, 2.75) is 25.1 Å². The molecule has 0 bridgehead atoms. The van der Waals surface area contributed by atoms with E-state index in [-0.39, 0.29) is 31.6 Å². The number of rotatable bonds is 6. The van der Waals surface area contributed by atoms with Crippen LogP contribution in [0.4, 0.5) is 11.4 Å². The Kier molecular flexibility index (Phi) is 7.25. The first-order chi connectivity index (χ1) is 17.9. The molecule has 0 aliphatic carbocycles. The lowest BCUT2D eigenvalue weighted by Crippen LogP contribution is -2.44. The standard InChI is InChI=1S/C27H24ClN3O5S/c1-16-3-5-19(12-21(16)28)29-26(33)24-13-25(32)31(14-17-4-10-22-23(11-17)36-15-35-22)27(37-24)30-18-6-8-20(34-2)9-7-18/h3-12,24H,13-15H2,1-2H3,(H,29,33)/t24-/m1/s1. The number of ether oxygens (including phenoxy) is 3. The minimum atomic E-state index is -0.655. The summed E-state index contributed by atoms with van der Waals surface area (Å²) in [6.07, 6.45) is 0.0300. The number of fused-ring (bicyclic) bond motifs is 1. The highest BCUT2D eigenvalue weighted by atomic mass is 35.5. The van der Waals surface area contributed by atoms with E-state index in [4.69, 9.17) is 30.8 Å². The van der Waals surface area contributed by atoms with Gasteiger partial charge in [0.15, 0.2) is 16.7 Å². The topological polar surface area (TPSA) is 89.5 Å². The molecule has 0 spiro atoms. The molecule has 0 aromatic heterocycles. The van der Waals surface area contributed by atoms with Crippen molar-refractivity contribution in [1.29, 1.82) is 0 Å². The summed E-state index contributed by atoms with van der Waals surface area (Å²) in [6, 6.07) is 18.1. The normalized spacial score (nSPS) is 17.7. The zero-order valence-corrected chi connectivity index (χ0v) is 21.8. The van der Waals surface area contributed by atoms with Crippen molar-refractivity contribution < 1.29 is 23.8 Å². The Hall–Kier alpha value is -3.69. The SMILES string of the molecule is COc1ccc(N=C2S[C@@H](C(=O)Nc3ccc(C)c(Cl)c3)CC(=O)N2Cc2ccc3c(c2)OCO3)cc1. The van der Waals surface area contributed by atoms with Crippen molar-refractivity contribution in [3.05, 3.63) is 76.8 Å². The Morgan fingerprint density at radius 2 is 1.92 bits per heavy atom. The molecule has 2 heterocycles. The molecule has 3 aromatic rings. The molecule has 3 aromatic carbocycles. The van der Waals surface area contributed by atoms with Gasteiger partial charge in [-0.2, -0.15) is 0 Å². The van der Waals surface area contributed by atoms with Crippen LogP contribution in [0.2, 0.25) is 5.02 Å². The van der Waals surface area contributed by atoms with Crippen LogP contribution in [0.25, 0.3) is 0 Å². The van der Waals surface area contributed by atoms with Crippen molar-refractivity contribution in [1.82, 2.24) is 4.90 Å². The third kappa shape index (κ3) is 5.68. The van der Waals surface area contributed by atoms with Crippen molar-refractivity contribution in [2.75, 3.05) is 19.2 Å². The molecule has 1 atom stereocenters. The maximum Gasteiger partial charge on any atom is 0.238 e. The number of carbonyl (C=O) groups excluding carboxylic acids is 2. The van der Waals surface area contributed by atoms with Crippen molar-refractivity contribution in [2.24, 2.45) is 4.99 Å². The largest absolute Gasteiger partial charge is 0.497 e. The molecule has 190 valence electrons. The second-order valence-electron chi connectivity index (χ2n) is 8.52. The van der Waals surface area contributed by atoms with Gasteiger partial charge in [-0.3, -0.25) is 14.5 Å². The minimum Gasteiger partial charge on any atom is -0.497 e. The number of thioether (sulfide) groups is 1. The third-order valence-electron chi connectivity index (χ3n) is 5.95. The molecule has 2 aliphatic heterocycles. The Bertz CT molecular complexity index is 1380.